The molecular weight excluding hydrogens is 422 g/mol. The Morgan fingerprint density at radius 1 is 1.06 bits per heavy atom. The summed E-state index contributed by atoms with van der Waals surface area (Å²) in [5.41, 5.74) is 1.97. The maximum Gasteiger partial charge on any atom is 0.335 e. The van der Waals surface area contributed by atoms with Crippen LogP contribution in [0.4, 0.5) is 0 Å². The number of hydrogen-bond donors (Lipinski definition) is 2. The quantitative estimate of drug-likeness (QED) is 0.409. The van der Waals surface area contributed by atoms with Gasteiger partial charge >= 0.3 is 5.97 Å². The van der Waals surface area contributed by atoms with E-state index in [2.05, 4.69) is 10.3 Å². The summed E-state index contributed by atoms with van der Waals surface area (Å²) in [6.07, 6.45) is 4.15. The fraction of sp³-hybridized carbons (Fsp3) is 0.160. The number of fused-ring (bicyclic) bond motifs is 1. The zero-order valence-electron chi connectivity index (χ0n) is 18.0. The van der Waals surface area contributed by atoms with Gasteiger partial charge in [-0.3, -0.25) is 4.79 Å². The molecule has 0 atom stereocenters. The number of ether oxygens (including phenoxy) is 2. The minimum absolute atomic E-state index is 0.106. The summed E-state index contributed by atoms with van der Waals surface area (Å²) in [6.45, 7) is 0.272. The number of pyridine rings is 1. The van der Waals surface area contributed by atoms with Crippen LogP contribution in [0.3, 0.4) is 0 Å². The monoisotopic (exact) mass is 445 g/mol. The Bertz CT molecular complexity index is 1270. The fourth-order valence-electron chi connectivity index (χ4n) is 3.52. The maximum atomic E-state index is 12.2. The number of aromatic nitrogens is 2. The van der Waals surface area contributed by atoms with Crippen molar-refractivity contribution in [2.24, 2.45) is 0 Å². The van der Waals surface area contributed by atoms with Gasteiger partial charge in [-0.15, -0.1) is 0 Å². The van der Waals surface area contributed by atoms with Crippen LogP contribution in [0.15, 0.2) is 73.1 Å². The number of carboxylic acids is 1. The normalized spacial score (nSPS) is 10.7. The van der Waals surface area contributed by atoms with Gasteiger partial charge in [-0.2, -0.15) is 0 Å². The first-order valence-electron chi connectivity index (χ1n) is 10.4. The van der Waals surface area contributed by atoms with Gasteiger partial charge in [-0.05, 0) is 66.6 Å². The molecule has 0 bridgehead atoms. The second-order valence-electron chi connectivity index (χ2n) is 7.31. The largest absolute Gasteiger partial charge is 0.497 e. The lowest BCUT2D eigenvalue weighted by Crippen LogP contribution is -2.30. The molecule has 0 saturated heterocycles. The Labute approximate surface area is 190 Å². The van der Waals surface area contributed by atoms with Gasteiger partial charge in [0, 0.05) is 24.3 Å². The third kappa shape index (κ3) is 5.12. The SMILES string of the molecule is COc1ccc(OCC(=O)NCCc2cn(-c3ccccn3)c3ccc(C(=O)O)cc23)cc1. The predicted octanol–water partition coefficient (Wildman–Crippen LogP) is 3.47. The number of rotatable bonds is 9. The van der Waals surface area contributed by atoms with E-state index < -0.39 is 5.97 Å². The number of amides is 1. The topological polar surface area (TPSA) is 103 Å². The molecule has 8 nitrogen and oxygen atoms in total. The number of methoxy groups -OCH3 is 1. The van der Waals surface area contributed by atoms with Gasteiger partial charge in [0.1, 0.15) is 17.3 Å². The van der Waals surface area contributed by atoms with Crippen molar-refractivity contribution in [3.63, 3.8) is 0 Å². The van der Waals surface area contributed by atoms with E-state index in [9.17, 15) is 14.7 Å². The zero-order valence-corrected chi connectivity index (χ0v) is 18.0. The molecule has 2 aromatic heterocycles. The summed E-state index contributed by atoms with van der Waals surface area (Å²) in [5.74, 6) is 0.782. The Morgan fingerprint density at radius 3 is 2.55 bits per heavy atom. The molecule has 0 fully saturated rings. The molecule has 1 amide bonds. The van der Waals surface area contributed by atoms with Crippen LogP contribution in [0.25, 0.3) is 16.7 Å². The molecule has 0 aliphatic rings. The first-order chi connectivity index (χ1) is 16.0. The predicted molar refractivity (Wildman–Crippen MR) is 123 cm³/mol. The number of carbonyl (C=O) groups is 2. The molecule has 0 radical (unpaired) electrons. The highest BCUT2D eigenvalue weighted by atomic mass is 16.5. The molecule has 2 aromatic carbocycles. The Hall–Kier alpha value is -4.33. The van der Waals surface area contributed by atoms with Crippen molar-refractivity contribution in [3.8, 4) is 17.3 Å². The van der Waals surface area contributed by atoms with Crippen molar-refractivity contribution in [3.05, 3.63) is 84.2 Å². The molecule has 0 aliphatic heterocycles. The molecule has 0 spiro atoms. The summed E-state index contributed by atoms with van der Waals surface area (Å²) in [7, 11) is 1.58. The molecule has 8 heteroatoms. The van der Waals surface area contributed by atoms with Crippen LogP contribution in [0.1, 0.15) is 15.9 Å². The molecular formula is C25H23N3O5. The first-order valence-corrected chi connectivity index (χ1v) is 10.4. The third-order valence-corrected chi connectivity index (χ3v) is 5.18. The van der Waals surface area contributed by atoms with E-state index in [-0.39, 0.29) is 18.1 Å². The number of benzene rings is 2. The molecule has 0 saturated carbocycles. The highest BCUT2D eigenvalue weighted by molar-refractivity contribution is 5.95. The summed E-state index contributed by atoms with van der Waals surface area (Å²) in [6, 6.07) is 17.6. The maximum absolute atomic E-state index is 12.2. The Morgan fingerprint density at radius 2 is 1.85 bits per heavy atom. The summed E-state index contributed by atoms with van der Waals surface area (Å²) in [4.78, 5) is 28.1. The van der Waals surface area contributed by atoms with Crippen LogP contribution in [0, 0.1) is 0 Å². The van der Waals surface area contributed by atoms with Crippen LogP contribution in [0.2, 0.25) is 0 Å². The minimum atomic E-state index is -0.989. The van der Waals surface area contributed by atoms with Gasteiger partial charge < -0.3 is 24.5 Å². The lowest BCUT2D eigenvalue weighted by Gasteiger charge is -2.08. The van der Waals surface area contributed by atoms with Crippen molar-refractivity contribution in [2.45, 2.75) is 6.42 Å². The zero-order chi connectivity index (χ0) is 23.2. The second kappa shape index (κ2) is 9.86. The van der Waals surface area contributed by atoms with Crippen molar-refractivity contribution < 1.29 is 24.2 Å². The van der Waals surface area contributed by atoms with Gasteiger partial charge in [-0.1, -0.05) is 6.07 Å². The standard InChI is InChI=1S/C25H23N3O5/c1-32-19-6-8-20(9-7-19)33-16-24(29)27-13-11-18-15-28(23-4-2-3-12-26-23)22-10-5-17(25(30)31)14-21(18)22/h2-10,12,14-15H,11,13,16H2,1H3,(H,27,29)(H,30,31). The molecule has 2 N–H and O–H groups in total. The number of aromatic carboxylic acids is 1. The average Bonchev–Trinajstić information content (AvgIpc) is 3.21. The summed E-state index contributed by atoms with van der Waals surface area (Å²) in [5, 5.41) is 13.0. The van der Waals surface area contributed by atoms with Gasteiger partial charge in [-0.25, -0.2) is 9.78 Å². The molecule has 4 rings (SSSR count). The van der Waals surface area contributed by atoms with E-state index in [4.69, 9.17) is 9.47 Å². The minimum Gasteiger partial charge on any atom is -0.497 e. The van der Waals surface area contributed by atoms with Gasteiger partial charge in [0.05, 0.1) is 18.2 Å². The Balaban J connectivity index is 1.44. The first kappa shape index (κ1) is 21.9. The van der Waals surface area contributed by atoms with E-state index >= 15 is 0 Å². The molecule has 0 aliphatic carbocycles. The molecule has 2 heterocycles. The van der Waals surface area contributed by atoms with Crippen LogP contribution >= 0.6 is 0 Å². The highest BCUT2D eigenvalue weighted by Crippen LogP contribution is 2.26. The van der Waals surface area contributed by atoms with E-state index in [0.717, 1.165) is 22.3 Å². The van der Waals surface area contributed by atoms with Gasteiger partial charge in [0.25, 0.3) is 5.91 Å². The van der Waals surface area contributed by atoms with Gasteiger partial charge in [0.15, 0.2) is 6.61 Å². The second-order valence-corrected chi connectivity index (χ2v) is 7.31. The fourth-order valence-corrected chi connectivity index (χ4v) is 3.52. The molecule has 4 aromatic rings. The van der Waals surface area contributed by atoms with Crippen LogP contribution in [0.5, 0.6) is 11.5 Å². The average molecular weight is 445 g/mol. The van der Waals surface area contributed by atoms with Crippen molar-refractivity contribution in [1.29, 1.82) is 0 Å². The summed E-state index contributed by atoms with van der Waals surface area (Å²) < 4.78 is 12.5. The van der Waals surface area contributed by atoms with Crippen LogP contribution in [-0.4, -0.2) is 46.8 Å². The smallest absolute Gasteiger partial charge is 0.335 e. The van der Waals surface area contributed by atoms with E-state index in [1.165, 1.54) is 0 Å². The van der Waals surface area contributed by atoms with Crippen LogP contribution < -0.4 is 14.8 Å². The van der Waals surface area contributed by atoms with Crippen molar-refractivity contribution in [2.75, 3.05) is 20.3 Å². The van der Waals surface area contributed by atoms with Crippen LogP contribution in [-0.2, 0) is 11.2 Å². The molecule has 33 heavy (non-hydrogen) atoms. The van der Waals surface area contributed by atoms with Crippen molar-refractivity contribution in [1.82, 2.24) is 14.9 Å². The van der Waals surface area contributed by atoms with E-state index in [1.54, 1.807) is 55.8 Å². The number of nitrogens with one attached hydrogen (secondary N) is 1. The molecule has 168 valence electrons. The summed E-state index contributed by atoms with van der Waals surface area (Å²) >= 11 is 0. The number of nitrogens with zero attached hydrogens (tertiary/aromatic N) is 2. The van der Waals surface area contributed by atoms with Crippen molar-refractivity contribution >= 4 is 22.8 Å². The lowest BCUT2D eigenvalue weighted by molar-refractivity contribution is -0.123. The van der Waals surface area contributed by atoms with Gasteiger partial charge in [0.2, 0.25) is 0 Å². The number of hydrogen-bond acceptors (Lipinski definition) is 5. The lowest BCUT2D eigenvalue weighted by atomic mass is 10.1. The third-order valence-electron chi connectivity index (χ3n) is 5.18. The van der Waals surface area contributed by atoms with E-state index in [1.807, 2.05) is 29.0 Å². The Kier molecular flexibility index (Phi) is 6.54. The number of carboxylic acid groups (broad SMARTS) is 1. The highest BCUT2D eigenvalue weighted by Gasteiger charge is 2.14. The molecule has 0 unspecified atom stereocenters. The van der Waals surface area contributed by atoms with E-state index in [0.29, 0.717) is 24.5 Å². The number of carbonyl (C=O) groups excluding carboxylic acids is 1.